The summed E-state index contributed by atoms with van der Waals surface area (Å²) in [6.07, 6.45) is 5.02. The summed E-state index contributed by atoms with van der Waals surface area (Å²) in [4.78, 5) is 28.9. The van der Waals surface area contributed by atoms with Crippen molar-refractivity contribution < 1.29 is 22.7 Å². The summed E-state index contributed by atoms with van der Waals surface area (Å²) in [7, 11) is -2.63. The Labute approximate surface area is 257 Å². The first kappa shape index (κ1) is 31.7. The molecule has 11 heteroatoms. The fraction of sp³-hybridized carbons (Fsp3) is 0.355. The van der Waals surface area contributed by atoms with Crippen molar-refractivity contribution in [1.82, 2.24) is 10.2 Å². The van der Waals surface area contributed by atoms with Crippen LogP contribution in [0.3, 0.4) is 0 Å². The lowest BCUT2D eigenvalue weighted by Gasteiger charge is -2.33. The first-order valence-corrected chi connectivity index (χ1v) is 16.1. The number of ether oxygens (including phenoxy) is 1. The van der Waals surface area contributed by atoms with Crippen LogP contribution in [0.25, 0.3) is 0 Å². The smallest absolute Gasteiger partial charge is 0.264 e. The van der Waals surface area contributed by atoms with Gasteiger partial charge in [-0.2, -0.15) is 0 Å². The lowest BCUT2D eigenvalue weighted by molar-refractivity contribution is -0.139. The van der Waals surface area contributed by atoms with Crippen LogP contribution in [0.15, 0.2) is 77.7 Å². The summed E-state index contributed by atoms with van der Waals surface area (Å²) in [5, 5.41) is 3.49. The second-order valence-corrected chi connectivity index (χ2v) is 13.0. The maximum atomic E-state index is 14.1. The van der Waals surface area contributed by atoms with Crippen molar-refractivity contribution >= 4 is 50.7 Å². The van der Waals surface area contributed by atoms with Crippen LogP contribution >= 0.6 is 23.2 Å². The molecule has 1 atom stereocenters. The minimum absolute atomic E-state index is 0.00802. The molecule has 42 heavy (non-hydrogen) atoms. The predicted octanol–water partition coefficient (Wildman–Crippen LogP) is 6.06. The van der Waals surface area contributed by atoms with Gasteiger partial charge >= 0.3 is 0 Å². The fourth-order valence-electron chi connectivity index (χ4n) is 4.97. The molecule has 0 radical (unpaired) electrons. The van der Waals surface area contributed by atoms with Gasteiger partial charge in [-0.25, -0.2) is 8.42 Å². The molecular formula is C31H35Cl2N3O5S. The van der Waals surface area contributed by atoms with Crippen molar-refractivity contribution in [1.29, 1.82) is 0 Å². The summed E-state index contributed by atoms with van der Waals surface area (Å²) in [6, 6.07) is 18.6. The number of sulfonamides is 1. The molecule has 1 N–H and O–H groups in total. The topological polar surface area (TPSA) is 96.0 Å². The van der Waals surface area contributed by atoms with Crippen molar-refractivity contribution in [3.8, 4) is 5.75 Å². The normalized spacial score (nSPS) is 14.6. The predicted molar refractivity (Wildman–Crippen MR) is 165 cm³/mol. The third kappa shape index (κ3) is 7.76. The highest BCUT2D eigenvalue weighted by Gasteiger charge is 2.33. The number of benzene rings is 3. The lowest BCUT2D eigenvalue weighted by atomic mass is 9.95. The first-order valence-electron chi connectivity index (χ1n) is 13.9. The number of nitrogens with one attached hydrogen (secondary N) is 1. The van der Waals surface area contributed by atoms with Gasteiger partial charge in [-0.15, -0.1) is 0 Å². The summed E-state index contributed by atoms with van der Waals surface area (Å²) in [5.41, 5.74) is 0.929. The number of nitrogens with zero attached hydrogens (tertiary/aromatic N) is 2. The molecule has 224 valence electrons. The van der Waals surface area contributed by atoms with Gasteiger partial charge in [-0.05, 0) is 67.8 Å². The van der Waals surface area contributed by atoms with E-state index in [-0.39, 0.29) is 39.1 Å². The van der Waals surface area contributed by atoms with Gasteiger partial charge in [0, 0.05) is 12.6 Å². The van der Waals surface area contributed by atoms with E-state index >= 15 is 0 Å². The number of halogens is 2. The van der Waals surface area contributed by atoms with Gasteiger partial charge in [0.2, 0.25) is 11.8 Å². The Hall–Kier alpha value is -3.27. The zero-order chi connectivity index (χ0) is 30.3. The highest BCUT2D eigenvalue weighted by atomic mass is 35.5. The van der Waals surface area contributed by atoms with Gasteiger partial charge in [-0.1, -0.05) is 72.8 Å². The van der Waals surface area contributed by atoms with E-state index in [1.54, 1.807) is 44.4 Å². The Balaban J connectivity index is 1.68. The second kappa shape index (κ2) is 14.3. The van der Waals surface area contributed by atoms with Crippen LogP contribution in [-0.4, -0.2) is 50.9 Å². The van der Waals surface area contributed by atoms with E-state index in [1.807, 2.05) is 12.1 Å². The quantitative estimate of drug-likeness (QED) is 0.277. The minimum atomic E-state index is -4.20. The van der Waals surface area contributed by atoms with Gasteiger partial charge in [0.15, 0.2) is 0 Å². The third-order valence-electron chi connectivity index (χ3n) is 7.43. The molecule has 8 nitrogen and oxygen atoms in total. The van der Waals surface area contributed by atoms with E-state index in [0.717, 1.165) is 42.0 Å². The molecule has 1 aliphatic rings. The molecule has 0 spiro atoms. The van der Waals surface area contributed by atoms with E-state index in [9.17, 15) is 18.0 Å². The summed E-state index contributed by atoms with van der Waals surface area (Å²) in [5.74, 6) is -0.182. The maximum absolute atomic E-state index is 14.1. The Morgan fingerprint density at radius 1 is 0.952 bits per heavy atom. The van der Waals surface area contributed by atoms with Crippen molar-refractivity contribution in [2.75, 3.05) is 18.0 Å². The van der Waals surface area contributed by atoms with Crippen LogP contribution in [0.1, 0.15) is 44.6 Å². The summed E-state index contributed by atoms with van der Waals surface area (Å²) in [6.45, 7) is 1.18. The molecule has 1 saturated carbocycles. The van der Waals surface area contributed by atoms with Crippen molar-refractivity contribution in [3.05, 3.63) is 88.4 Å². The van der Waals surface area contributed by atoms with Crippen LogP contribution in [0.5, 0.6) is 5.75 Å². The molecule has 4 rings (SSSR count). The number of methoxy groups -OCH3 is 1. The average Bonchev–Trinajstić information content (AvgIpc) is 3.00. The van der Waals surface area contributed by atoms with Gasteiger partial charge in [-0.3, -0.25) is 13.9 Å². The largest absolute Gasteiger partial charge is 0.497 e. The number of hydrogen-bond acceptors (Lipinski definition) is 5. The summed E-state index contributed by atoms with van der Waals surface area (Å²) < 4.78 is 34.0. The highest BCUT2D eigenvalue weighted by molar-refractivity contribution is 7.92. The molecule has 1 unspecified atom stereocenters. The number of carbonyl (C=O) groups excluding carboxylic acids is 2. The Bertz CT molecular complexity index is 1480. The Morgan fingerprint density at radius 2 is 1.62 bits per heavy atom. The molecule has 0 aromatic heterocycles. The minimum Gasteiger partial charge on any atom is -0.497 e. The molecule has 0 aliphatic heterocycles. The number of rotatable bonds is 11. The fourth-order valence-corrected chi connectivity index (χ4v) is 6.69. The molecule has 0 bridgehead atoms. The molecule has 3 aromatic carbocycles. The number of amides is 2. The van der Waals surface area contributed by atoms with E-state index in [4.69, 9.17) is 27.9 Å². The standard InChI is InChI=1S/C31H35Cl2N3O5S/c1-22(31(38)34-24-9-5-3-6-10-24)35(20-23-13-16-26(41-2)17-14-23)30(37)21-36(25-15-18-28(32)29(33)19-25)42(39,40)27-11-7-4-8-12-27/h4,7-8,11-19,22,24H,3,5-6,9-10,20-21H2,1-2H3,(H,34,38). The second-order valence-electron chi connectivity index (χ2n) is 10.3. The van der Waals surface area contributed by atoms with Gasteiger partial charge < -0.3 is 15.0 Å². The number of hydrogen-bond donors (Lipinski definition) is 1. The van der Waals surface area contributed by atoms with Crippen molar-refractivity contribution in [2.24, 2.45) is 0 Å². The first-order chi connectivity index (χ1) is 20.1. The van der Waals surface area contributed by atoms with E-state index in [0.29, 0.717) is 5.75 Å². The van der Waals surface area contributed by atoms with Crippen molar-refractivity contribution in [3.63, 3.8) is 0 Å². The molecular weight excluding hydrogens is 597 g/mol. The highest BCUT2D eigenvalue weighted by Crippen LogP contribution is 2.31. The molecule has 1 fully saturated rings. The van der Waals surface area contributed by atoms with E-state index < -0.39 is 28.5 Å². The molecule has 3 aromatic rings. The van der Waals surface area contributed by atoms with Crippen LogP contribution in [0.4, 0.5) is 5.69 Å². The molecule has 0 saturated heterocycles. The van der Waals surface area contributed by atoms with E-state index in [2.05, 4.69) is 5.32 Å². The third-order valence-corrected chi connectivity index (χ3v) is 9.96. The van der Waals surface area contributed by atoms with Crippen LogP contribution in [0, 0.1) is 0 Å². The molecule has 0 heterocycles. The van der Waals surface area contributed by atoms with Gasteiger partial charge in [0.25, 0.3) is 10.0 Å². The van der Waals surface area contributed by atoms with Gasteiger partial charge in [0.1, 0.15) is 18.3 Å². The lowest BCUT2D eigenvalue weighted by Crippen LogP contribution is -2.53. The number of anilines is 1. The van der Waals surface area contributed by atoms with Crippen LogP contribution in [-0.2, 0) is 26.2 Å². The zero-order valence-electron chi connectivity index (χ0n) is 23.6. The summed E-state index contributed by atoms with van der Waals surface area (Å²) >= 11 is 12.4. The van der Waals surface area contributed by atoms with Gasteiger partial charge in [0.05, 0.1) is 27.7 Å². The van der Waals surface area contributed by atoms with Crippen LogP contribution < -0.4 is 14.4 Å². The molecule has 2 amide bonds. The zero-order valence-corrected chi connectivity index (χ0v) is 26.0. The van der Waals surface area contributed by atoms with Crippen molar-refractivity contribution in [2.45, 2.75) is 62.6 Å². The monoisotopic (exact) mass is 631 g/mol. The SMILES string of the molecule is COc1ccc(CN(C(=O)CN(c2ccc(Cl)c(Cl)c2)S(=O)(=O)c2ccccc2)C(C)C(=O)NC2CCCCC2)cc1. The van der Waals surface area contributed by atoms with Crippen LogP contribution in [0.2, 0.25) is 10.0 Å². The van der Waals surface area contributed by atoms with E-state index in [1.165, 1.54) is 35.2 Å². The number of carbonyl (C=O) groups is 2. The average molecular weight is 633 g/mol. The molecule has 1 aliphatic carbocycles. The maximum Gasteiger partial charge on any atom is 0.264 e. The Morgan fingerprint density at radius 3 is 2.24 bits per heavy atom. The Kier molecular flexibility index (Phi) is 10.8.